The molecule has 4 heteroatoms. The third-order valence-corrected chi connectivity index (χ3v) is 3.65. The van der Waals surface area contributed by atoms with E-state index in [1.807, 2.05) is 42.5 Å². The Morgan fingerprint density at radius 2 is 1.88 bits per heavy atom. The summed E-state index contributed by atoms with van der Waals surface area (Å²) < 4.78 is 11.1. The van der Waals surface area contributed by atoms with Crippen LogP contribution in [0, 0.1) is 11.3 Å². The average molecular weight is 316 g/mol. The van der Waals surface area contributed by atoms with Crippen LogP contribution in [0.15, 0.2) is 67.0 Å². The van der Waals surface area contributed by atoms with Crippen molar-refractivity contribution in [1.82, 2.24) is 4.98 Å². The van der Waals surface area contributed by atoms with E-state index in [2.05, 4.69) is 11.1 Å². The molecular weight excluding hydrogens is 300 g/mol. The van der Waals surface area contributed by atoms with Crippen LogP contribution < -0.4 is 9.47 Å². The molecule has 3 rings (SSSR count). The smallest absolute Gasteiger partial charge is 0.137 e. The van der Waals surface area contributed by atoms with Gasteiger partial charge >= 0.3 is 0 Å². The summed E-state index contributed by atoms with van der Waals surface area (Å²) in [4.78, 5) is 4.13. The summed E-state index contributed by atoms with van der Waals surface area (Å²) in [5.41, 5.74) is 3.24. The van der Waals surface area contributed by atoms with Crippen LogP contribution in [0.2, 0.25) is 0 Å². The third-order valence-electron chi connectivity index (χ3n) is 3.65. The van der Waals surface area contributed by atoms with Crippen LogP contribution in [-0.4, -0.2) is 12.1 Å². The van der Waals surface area contributed by atoms with Crippen molar-refractivity contribution in [2.45, 2.75) is 6.61 Å². The van der Waals surface area contributed by atoms with Gasteiger partial charge in [-0.1, -0.05) is 36.4 Å². The molecule has 24 heavy (non-hydrogen) atoms. The molecule has 4 nitrogen and oxygen atoms in total. The minimum Gasteiger partial charge on any atom is -0.496 e. The van der Waals surface area contributed by atoms with Crippen molar-refractivity contribution >= 4 is 0 Å². The highest BCUT2D eigenvalue weighted by Gasteiger charge is 2.10. The van der Waals surface area contributed by atoms with Gasteiger partial charge in [-0.15, -0.1) is 0 Å². The van der Waals surface area contributed by atoms with E-state index in [-0.39, 0.29) is 0 Å². The van der Waals surface area contributed by atoms with Crippen molar-refractivity contribution in [2.75, 3.05) is 7.11 Å². The Labute approximate surface area is 140 Å². The van der Waals surface area contributed by atoms with E-state index in [0.29, 0.717) is 23.7 Å². The highest BCUT2D eigenvalue weighted by molar-refractivity contribution is 5.72. The van der Waals surface area contributed by atoms with Gasteiger partial charge in [0.2, 0.25) is 0 Å². The lowest BCUT2D eigenvalue weighted by Crippen LogP contribution is -1.97. The molecule has 0 spiro atoms. The van der Waals surface area contributed by atoms with E-state index >= 15 is 0 Å². The number of aromatic nitrogens is 1. The molecule has 0 fully saturated rings. The fraction of sp³-hybridized carbons (Fsp3) is 0.100. The molecule has 1 heterocycles. The summed E-state index contributed by atoms with van der Waals surface area (Å²) in [6.07, 6.45) is 3.39. The Morgan fingerprint density at radius 3 is 2.62 bits per heavy atom. The van der Waals surface area contributed by atoms with E-state index in [4.69, 9.17) is 9.47 Å². The van der Waals surface area contributed by atoms with Gasteiger partial charge in [-0.25, -0.2) is 0 Å². The van der Waals surface area contributed by atoms with Gasteiger partial charge in [-0.2, -0.15) is 5.26 Å². The van der Waals surface area contributed by atoms with Crippen molar-refractivity contribution < 1.29 is 9.47 Å². The first-order valence-corrected chi connectivity index (χ1v) is 7.51. The summed E-state index contributed by atoms with van der Waals surface area (Å²) >= 11 is 0. The molecule has 0 bridgehead atoms. The van der Waals surface area contributed by atoms with Crippen molar-refractivity contribution in [3.63, 3.8) is 0 Å². The zero-order valence-corrected chi connectivity index (χ0v) is 13.3. The number of benzene rings is 2. The molecule has 0 aliphatic heterocycles. The van der Waals surface area contributed by atoms with Crippen LogP contribution in [0.1, 0.15) is 11.1 Å². The Balaban J connectivity index is 1.87. The summed E-state index contributed by atoms with van der Waals surface area (Å²) in [6.45, 7) is 0.422. The summed E-state index contributed by atoms with van der Waals surface area (Å²) in [5, 5.41) is 9.44. The summed E-state index contributed by atoms with van der Waals surface area (Å²) in [7, 11) is 1.61. The predicted octanol–water partition coefficient (Wildman–Crippen LogP) is 4.21. The SMILES string of the molecule is COc1ccncc1-c1ccc(OCc2ccccc2)c(C#N)c1. The number of pyridine rings is 1. The van der Waals surface area contributed by atoms with E-state index in [1.54, 1.807) is 31.6 Å². The highest BCUT2D eigenvalue weighted by atomic mass is 16.5. The van der Waals surface area contributed by atoms with Gasteiger partial charge in [0.15, 0.2) is 0 Å². The first kappa shape index (κ1) is 15.6. The van der Waals surface area contributed by atoms with E-state index in [9.17, 15) is 5.26 Å². The molecule has 118 valence electrons. The molecule has 2 aromatic carbocycles. The average Bonchev–Trinajstić information content (AvgIpc) is 2.67. The maximum atomic E-state index is 9.44. The zero-order chi connectivity index (χ0) is 16.8. The molecule has 0 amide bonds. The second-order valence-corrected chi connectivity index (χ2v) is 5.17. The number of hydrogen-bond acceptors (Lipinski definition) is 4. The molecular formula is C20H16N2O2. The van der Waals surface area contributed by atoms with Gasteiger partial charge in [0.1, 0.15) is 24.2 Å². The monoisotopic (exact) mass is 316 g/mol. The third kappa shape index (κ3) is 3.36. The second-order valence-electron chi connectivity index (χ2n) is 5.17. The molecule has 0 N–H and O–H groups in total. The minimum absolute atomic E-state index is 0.422. The maximum absolute atomic E-state index is 9.44. The fourth-order valence-corrected chi connectivity index (χ4v) is 2.42. The van der Waals surface area contributed by atoms with Crippen molar-refractivity contribution in [2.24, 2.45) is 0 Å². The highest BCUT2D eigenvalue weighted by Crippen LogP contribution is 2.32. The normalized spacial score (nSPS) is 10.0. The predicted molar refractivity (Wildman–Crippen MR) is 91.7 cm³/mol. The van der Waals surface area contributed by atoms with E-state index in [1.165, 1.54) is 0 Å². The zero-order valence-electron chi connectivity index (χ0n) is 13.3. The van der Waals surface area contributed by atoms with Gasteiger partial charge in [0, 0.05) is 18.0 Å². The molecule has 0 radical (unpaired) electrons. The Kier molecular flexibility index (Phi) is 4.73. The van der Waals surface area contributed by atoms with Crippen LogP contribution in [0.4, 0.5) is 0 Å². The topological polar surface area (TPSA) is 55.1 Å². The van der Waals surface area contributed by atoms with Crippen LogP contribution >= 0.6 is 0 Å². The standard InChI is InChI=1S/C20H16N2O2/c1-23-20-9-10-22-13-18(20)16-7-8-19(17(11-16)12-21)24-14-15-5-3-2-4-6-15/h2-11,13H,14H2,1H3. The fourth-order valence-electron chi connectivity index (χ4n) is 2.42. The molecule has 0 aliphatic rings. The lowest BCUT2D eigenvalue weighted by Gasteiger charge is -2.11. The number of methoxy groups -OCH3 is 1. The second kappa shape index (κ2) is 7.30. The lowest BCUT2D eigenvalue weighted by molar-refractivity contribution is 0.305. The van der Waals surface area contributed by atoms with Crippen LogP contribution in [0.3, 0.4) is 0 Å². The van der Waals surface area contributed by atoms with Crippen LogP contribution in [0.5, 0.6) is 11.5 Å². The van der Waals surface area contributed by atoms with Gasteiger partial charge in [-0.05, 0) is 29.3 Å². The maximum Gasteiger partial charge on any atom is 0.137 e. The van der Waals surface area contributed by atoms with E-state index < -0.39 is 0 Å². The van der Waals surface area contributed by atoms with Gasteiger partial charge in [0.05, 0.1) is 12.7 Å². The van der Waals surface area contributed by atoms with Crippen molar-refractivity contribution in [1.29, 1.82) is 5.26 Å². The van der Waals surface area contributed by atoms with Crippen molar-refractivity contribution in [3.05, 3.63) is 78.1 Å². The first-order valence-electron chi connectivity index (χ1n) is 7.51. The quantitative estimate of drug-likeness (QED) is 0.707. The Bertz CT molecular complexity index is 870. The summed E-state index contributed by atoms with van der Waals surface area (Å²) in [5.74, 6) is 1.28. The number of nitrogens with zero attached hydrogens (tertiary/aromatic N) is 2. The van der Waals surface area contributed by atoms with Gasteiger partial charge < -0.3 is 9.47 Å². The number of ether oxygens (including phenoxy) is 2. The number of rotatable bonds is 5. The van der Waals surface area contributed by atoms with Gasteiger partial charge in [-0.3, -0.25) is 4.98 Å². The lowest BCUT2D eigenvalue weighted by atomic mass is 10.0. The summed E-state index contributed by atoms with van der Waals surface area (Å²) in [6, 6.07) is 19.3. The Morgan fingerprint density at radius 1 is 1.04 bits per heavy atom. The Hall–Kier alpha value is -3.32. The van der Waals surface area contributed by atoms with E-state index in [0.717, 1.165) is 16.7 Å². The molecule has 0 aliphatic carbocycles. The molecule has 1 aromatic heterocycles. The van der Waals surface area contributed by atoms with Crippen LogP contribution in [-0.2, 0) is 6.61 Å². The molecule has 0 unspecified atom stereocenters. The first-order chi connectivity index (χ1) is 11.8. The number of hydrogen-bond donors (Lipinski definition) is 0. The van der Waals surface area contributed by atoms with Crippen molar-refractivity contribution in [3.8, 4) is 28.7 Å². The molecule has 0 saturated heterocycles. The minimum atomic E-state index is 0.422. The molecule has 3 aromatic rings. The van der Waals surface area contributed by atoms with Gasteiger partial charge in [0.25, 0.3) is 0 Å². The number of nitriles is 1. The molecule has 0 atom stereocenters. The van der Waals surface area contributed by atoms with Crippen LogP contribution in [0.25, 0.3) is 11.1 Å². The molecule has 0 saturated carbocycles. The largest absolute Gasteiger partial charge is 0.496 e.